The van der Waals surface area contributed by atoms with Crippen LogP contribution in [0.4, 0.5) is 21.8 Å². The fraction of sp³-hybridized carbons (Fsp3) is 0.227. The zero-order valence-corrected chi connectivity index (χ0v) is 16.7. The van der Waals surface area contributed by atoms with Gasteiger partial charge in [-0.1, -0.05) is 0 Å². The number of hydrogen-bond acceptors (Lipinski definition) is 7. The average molecular weight is 419 g/mol. The summed E-state index contributed by atoms with van der Waals surface area (Å²) in [5.41, 5.74) is 8.05. The van der Waals surface area contributed by atoms with Crippen LogP contribution < -0.4 is 21.1 Å². The van der Waals surface area contributed by atoms with Crippen LogP contribution in [0, 0.1) is 5.82 Å². The molecule has 0 spiro atoms. The third-order valence-corrected chi connectivity index (χ3v) is 5.31. The minimum absolute atomic E-state index is 0.113. The van der Waals surface area contributed by atoms with E-state index in [-0.39, 0.29) is 11.7 Å². The molecule has 31 heavy (non-hydrogen) atoms. The van der Waals surface area contributed by atoms with Gasteiger partial charge in [-0.25, -0.2) is 14.4 Å². The van der Waals surface area contributed by atoms with Gasteiger partial charge in [0.15, 0.2) is 11.6 Å². The summed E-state index contributed by atoms with van der Waals surface area (Å²) in [4.78, 5) is 16.1. The molecule has 5 rings (SSSR count). The van der Waals surface area contributed by atoms with Crippen molar-refractivity contribution in [3.63, 3.8) is 0 Å². The molecule has 1 saturated heterocycles. The van der Waals surface area contributed by atoms with Crippen molar-refractivity contribution in [2.45, 2.75) is 18.8 Å². The zero-order chi connectivity index (χ0) is 21.2. The normalized spacial score (nSPS) is 16.4. The number of nitrogen functional groups attached to an aromatic ring is 1. The molecule has 4 heterocycles. The van der Waals surface area contributed by atoms with E-state index in [1.54, 1.807) is 36.7 Å². The van der Waals surface area contributed by atoms with Crippen LogP contribution >= 0.6 is 0 Å². The van der Waals surface area contributed by atoms with E-state index < -0.39 is 5.82 Å². The summed E-state index contributed by atoms with van der Waals surface area (Å²) < 4.78 is 20.5. The average Bonchev–Trinajstić information content (AvgIpc) is 3.26. The fourth-order valence-electron chi connectivity index (χ4n) is 3.79. The van der Waals surface area contributed by atoms with Crippen molar-refractivity contribution >= 4 is 28.5 Å². The summed E-state index contributed by atoms with van der Waals surface area (Å²) in [6.45, 7) is 1.88. The lowest BCUT2D eigenvalue weighted by atomic mass is 9.96. The van der Waals surface area contributed by atoms with Gasteiger partial charge in [-0.3, -0.25) is 0 Å². The van der Waals surface area contributed by atoms with Crippen LogP contribution in [0.2, 0.25) is 0 Å². The predicted octanol–water partition coefficient (Wildman–Crippen LogP) is 4.08. The third-order valence-electron chi connectivity index (χ3n) is 5.31. The Morgan fingerprint density at radius 2 is 2.06 bits per heavy atom. The van der Waals surface area contributed by atoms with Gasteiger partial charge in [0.2, 0.25) is 5.95 Å². The highest BCUT2D eigenvalue weighted by Gasteiger charge is 2.18. The molecular formula is C22H22FN7O. The number of halogens is 1. The topological polar surface area (TPSA) is 114 Å². The maximum Gasteiger partial charge on any atom is 0.229 e. The minimum atomic E-state index is -0.508. The Morgan fingerprint density at radius 1 is 1.13 bits per heavy atom. The maximum absolute atomic E-state index is 14.8. The first kappa shape index (κ1) is 19.3. The molecule has 0 bridgehead atoms. The standard InChI is InChI=1S/C22H22FN7O/c23-16-10-14(3-4-19(16)31-18-6-9-27-21-15(18)5-8-26-21)28-22-29-17(11-20(24)30-22)13-2-1-7-25-12-13/h3-6,8-11,13,25H,1-2,7,12H2,(H,26,27)(H3,24,28,29,30). The van der Waals surface area contributed by atoms with E-state index in [1.807, 2.05) is 6.07 Å². The molecule has 9 heteroatoms. The van der Waals surface area contributed by atoms with Crippen molar-refractivity contribution in [2.24, 2.45) is 0 Å². The van der Waals surface area contributed by atoms with E-state index in [0.29, 0.717) is 28.9 Å². The molecule has 1 aromatic carbocycles. The SMILES string of the molecule is Nc1cc(C2CCCNC2)nc(Nc2ccc(Oc3ccnc4[nH]ccc34)c(F)c2)n1. The van der Waals surface area contributed by atoms with Crippen molar-refractivity contribution < 1.29 is 9.13 Å². The first-order valence-corrected chi connectivity index (χ1v) is 10.2. The molecule has 0 radical (unpaired) electrons. The van der Waals surface area contributed by atoms with Crippen LogP contribution in [0.3, 0.4) is 0 Å². The van der Waals surface area contributed by atoms with Gasteiger partial charge in [-0.15, -0.1) is 0 Å². The van der Waals surface area contributed by atoms with Crippen LogP contribution in [0.15, 0.2) is 48.8 Å². The molecule has 1 fully saturated rings. The summed E-state index contributed by atoms with van der Waals surface area (Å²) in [7, 11) is 0. The van der Waals surface area contributed by atoms with Gasteiger partial charge in [0, 0.05) is 42.7 Å². The lowest BCUT2D eigenvalue weighted by molar-refractivity contribution is 0.446. The van der Waals surface area contributed by atoms with Gasteiger partial charge in [0.05, 0.1) is 11.1 Å². The number of rotatable bonds is 5. The van der Waals surface area contributed by atoms with Crippen molar-refractivity contribution in [2.75, 3.05) is 24.1 Å². The van der Waals surface area contributed by atoms with E-state index >= 15 is 0 Å². The van der Waals surface area contributed by atoms with Gasteiger partial charge in [-0.2, -0.15) is 4.98 Å². The molecular weight excluding hydrogens is 397 g/mol. The third kappa shape index (κ3) is 4.13. The molecule has 1 aliphatic rings. The number of aromatic amines is 1. The Labute approximate surface area is 178 Å². The molecule has 3 aromatic heterocycles. The Bertz CT molecular complexity index is 1220. The fourth-order valence-corrected chi connectivity index (χ4v) is 3.79. The highest BCUT2D eigenvalue weighted by molar-refractivity contribution is 5.82. The minimum Gasteiger partial charge on any atom is -0.453 e. The van der Waals surface area contributed by atoms with Crippen LogP contribution in [0.5, 0.6) is 11.5 Å². The summed E-state index contributed by atoms with van der Waals surface area (Å²) in [5.74, 6) is 1.14. The van der Waals surface area contributed by atoms with Crippen molar-refractivity contribution in [3.8, 4) is 11.5 Å². The van der Waals surface area contributed by atoms with E-state index in [2.05, 4.69) is 30.6 Å². The Morgan fingerprint density at radius 3 is 2.90 bits per heavy atom. The molecule has 1 aliphatic heterocycles. The summed E-state index contributed by atoms with van der Waals surface area (Å²) >= 11 is 0. The van der Waals surface area contributed by atoms with Gasteiger partial charge in [-0.05, 0) is 43.7 Å². The van der Waals surface area contributed by atoms with Gasteiger partial charge >= 0.3 is 0 Å². The largest absolute Gasteiger partial charge is 0.453 e. The van der Waals surface area contributed by atoms with E-state index in [9.17, 15) is 4.39 Å². The van der Waals surface area contributed by atoms with E-state index in [1.165, 1.54) is 6.07 Å². The van der Waals surface area contributed by atoms with Crippen molar-refractivity contribution in [1.29, 1.82) is 0 Å². The molecule has 0 saturated carbocycles. The quantitative estimate of drug-likeness (QED) is 0.385. The molecule has 5 N–H and O–H groups in total. The molecule has 0 aliphatic carbocycles. The van der Waals surface area contributed by atoms with Crippen LogP contribution in [-0.4, -0.2) is 33.0 Å². The Kier molecular flexibility index (Phi) is 5.09. The van der Waals surface area contributed by atoms with Gasteiger partial charge < -0.3 is 26.1 Å². The first-order chi connectivity index (χ1) is 15.2. The summed E-state index contributed by atoms with van der Waals surface area (Å²) in [6.07, 6.45) is 5.51. The number of ether oxygens (including phenoxy) is 1. The second-order valence-electron chi connectivity index (χ2n) is 7.51. The number of benzene rings is 1. The number of pyridine rings is 1. The van der Waals surface area contributed by atoms with E-state index in [4.69, 9.17) is 10.5 Å². The molecule has 158 valence electrons. The second-order valence-corrected chi connectivity index (χ2v) is 7.51. The number of hydrogen-bond donors (Lipinski definition) is 4. The van der Waals surface area contributed by atoms with Gasteiger partial charge in [0.1, 0.15) is 17.2 Å². The van der Waals surface area contributed by atoms with Gasteiger partial charge in [0.25, 0.3) is 0 Å². The number of fused-ring (bicyclic) bond motifs is 1. The Hall–Kier alpha value is -3.72. The van der Waals surface area contributed by atoms with Crippen LogP contribution in [-0.2, 0) is 0 Å². The molecule has 8 nitrogen and oxygen atoms in total. The number of nitrogens with two attached hydrogens (primary N) is 1. The summed E-state index contributed by atoms with van der Waals surface area (Å²) in [6, 6.07) is 9.96. The first-order valence-electron chi connectivity index (χ1n) is 10.2. The number of anilines is 3. The van der Waals surface area contributed by atoms with Crippen LogP contribution in [0.1, 0.15) is 24.5 Å². The van der Waals surface area contributed by atoms with Crippen molar-refractivity contribution in [3.05, 3.63) is 60.3 Å². The number of H-pyrrole nitrogens is 1. The second kappa shape index (κ2) is 8.19. The molecule has 1 unspecified atom stereocenters. The number of nitrogens with one attached hydrogen (secondary N) is 3. The smallest absolute Gasteiger partial charge is 0.229 e. The Balaban J connectivity index is 1.36. The number of nitrogens with zero attached hydrogens (tertiary/aromatic N) is 3. The molecule has 1 atom stereocenters. The highest BCUT2D eigenvalue weighted by atomic mass is 19.1. The zero-order valence-electron chi connectivity index (χ0n) is 16.7. The number of piperidine rings is 1. The van der Waals surface area contributed by atoms with Crippen LogP contribution in [0.25, 0.3) is 11.0 Å². The monoisotopic (exact) mass is 419 g/mol. The molecule has 4 aromatic rings. The maximum atomic E-state index is 14.8. The lowest BCUT2D eigenvalue weighted by Gasteiger charge is -2.22. The van der Waals surface area contributed by atoms with E-state index in [0.717, 1.165) is 37.0 Å². The predicted molar refractivity (Wildman–Crippen MR) is 117 cm³/mol. The number of aromatic nitrogens is 4. The lowest BCUT2D eigenvalue weighted by Crippen LogP contribution is -2.29. The molecule has 0 amide bonds. The summed E-state index contributed by atoms with van der Waals surface area (Å²) in [5, 5.41) is 7.20. The van der Waals surface area contributed by atoms with Crippen molar-refractivity contribution in [1.82, 2.24) is 25.3 Å². The highest BCUT2D eigenvalue weighted by Crippen LogP contribution is 2.32.